The monoisotopic (exact) mass is 260 g/mol. The van der Waals surface area contributed by atoms with Gasteiger partial charge in [0.15, 0.2) is 0 Å². The smallest absolute Gasteiger partial charge is 0.126 e. The molecule has 0 unspecified atom stereocenters. The van der Waals surface area contributed by atoms with Gasteiger partial charge in [-0.1, -0.05) is 33.1 Å². The molecule has 0 fully saturated rings. The minimum absolute atomic E-state index is 0. The van der Waals surface area contributed by atoms with Gasteiger partial charge in [0.05, 0.1) is 0 Å². The normalized spacial score (nSPS) is 7.79. The van der Waals surface area contributed by atoms with Crippen molar-refractivity contribution in [2.45, 2.75) is 14.9 Å². The van der Waals surface area contributed by atoms with Gasteiger partial charge >= 0.3 is 0 Å². The van der Waals surface area contributed by atoms with E-state index in [1.807, 2.05) is 30.3 Å². The molecular weight excluding hydrogens is 236 g/mol. The van der Waals surface area contributed by atoms with Crippen molar-refractivity contribution in [1.29, 1.82) is 0 Å². The lowest BCUT2D eigenvalue weighted by atomic mass is 10.4. The molecule has 0 aromatic carbocycles. The minimum Gasteiger partial charge on any atom is -0.384 e. The van der Waals surface area contributed by atoms with Crippen LogP contribution < -0.4 is 11.1 Å². The van der Waals surface area contributed by atoms with E-state index in [2.05, 4.69) is 21.9 Å². The Morgan fingerprint density at radius 1 is 1.05 bits per heavy atom. The predicted octanol–water partition coefficient (Wildman–Crippen LogP) is 3.62. The average Bonchev–Trinajstić information content (AvgIpc) is 2.39. The first-order chi connectivity index (χ1) is 8.33. The summed E-state index contributed by atoms with van der Waals surface area (Å²) >= 11 is 0. The summed E-state index contributed by atoms with van der Waals surface area (Å²) in [6, 6.07) is 11.2. The fourth-order valence-corrected chi connectivity index (χ4v) is 1.02. The van der Waals surface area contributed by atoms with E-state index in [9.17, 15) is 0 Å². The predicted molar refractivity (Wildman–Crippen MR) is 85.0 cm³/mol. The zero-order chi connectivity index (χ0) is 12.3. The lowest BCUT2D eigenvalue weighted by Crippen LogP contribution is -1.98. The van der Waals surface area contributed by atoms with E-state index in [1.54, 1.807) is 24.5 Å². The largest absolute Gasteiger partial charge is 0.384 e. The standard InChI is InChI=1S/C8H10N2.C5H6N2.2CH4/c1-2-6-9-8-5-3-4-7-10-8;6-5-3-1-2-4-7-5;;/h2-5,7H,1,6H2,(H,9,10);1-4H,(H2,6,7);2*1H4. The molecule has 104 valence electrons. The van der Waals surface area contributed by atoms with Gasteiger partial charge in [0.2, 0.25) is 0 Å². The van der Waals surface area contributed by atoms with E-state index in [4.69, 9.17) is 5.73 Å². The molecule has 0 aliphatic heterocycles. The number of nitrogens with zero attached hydrogens (tertiary/aromatic N) is 2. The Bertz CT molecular complexity index is 415. The molecule has 4 nitrogen and oxygen atoms in total. The van der Waals surface area contributed by atoms with Crippen molar-refractivity contribution in [3.05, 3.63) is 61.4 Å². The Balaban J connectivity index is 0. The molecule has 0 spiro atoms. The molecule has 0 saturated heterocycles. The molecule has 3 N–H and O–H groups in total. The molecular formula is C15H24N4. The van der Waals surface area contributed by atoms with Crippen molar-refractivity contribution in [3.63, 3.8) is 0 Å². The van der Waals surface area contributed by atoms with Crippen LogP contribution in [0.5, 0.6) is 0 Å². The maximum absolute atomic E-state index is 5.25. The highest BCUT2D eigenvalue weighted by molar-refractivity contribution is 5.33. The molecule has 2 heterocycles. The number of nitrogens with one attached hydrogen (secondary N) is 1. The first-order valence-electron chi connectivity index (χ1n) is 5.25. The number of hydrogen-bond acceptors (Lipinski definition) is 4. The van der Waals surface area contributed by atoms with Crippen molar-refractivity contribution in [2.75, 3.05) is 17.6 Å². The minimum atomic E-state index is 0. The van der Waals surface area contributed by atoms with Crippen molar-refractivity contribution in [1.82, 2.24) is 9.97 Å². The zero-order valence-corrected chi connectivity index (χ0v) is 9.58. The van der Waals surface area contributed by atoms with Gasteiger partial charge < -0.3 is 11.1 Å². The highest BCUT2D eigenvalue weighted by Gasteiger charge is 1.84. The second-order valence-electron chi connectivity index (χ2n) is 3.14. The lowest BCUT2D eigenvalue weighted by Gasteiger charge is -1.98. The third-order valence-electron chi connectivity index (χ3n) is 1.78. The molecule has 0 aliphatic carbocycles. The van der Waals surface area contributed by atoms with Crippen LogP contribution >= 0.6 is 0 Å². The Hall–Kier alpha value is -2.36. The molecule has 0 radical (unpaired) electrons. The molecule has 0 saturated carbocycles. The van der Waals surface area contributed by atoms with E-state index >= 15 is 0 Å². The van der Waals surface area contributed by atoms with Gasteiger partial charge in [0, 0.05) is 18.9 Å². The molecule has 0 atom stereocenters. The summed E-state index contributed by atoms with van der Waals surface area (Å²) < 4.78 is 0. The number of anilines is 2. The van der Waals surface area contributed by atoms with Gasteiger partial charge in [-0.05, 0) is 24.3 Å². The highest BCUT2D eigenvalue weighted by atomic mass is 15.0. The molecule has 0 amide bonds. The first kappa shape index (κ1) is 19.0. The van der Waals surface area contributed by atoms with Crippen molar-refractivity contribution in [2.24, 2.45) is 0 Å². The maximum atomic E-state index is 5.25. The van der Waals surface area contributed by atoms with Gasteiger partial charge in [-0.3, -0.25) is 0 Å². The summed E-state index contributed by atoms with van der Waals surface area (Å²) in [5.41, 5.74) is 5.25. The first-order valence-corrected chi connectivity index (χ1v) is 5.25. The van der Waals surface area contributed by atoms with Gasteiger partial charge in [0.1, 0.15) is 11.6 Å². The summed E-state index contributed by atoms with van der Waals surface area (Å²) in [5, 5.41) is 3.07. The fraction of sp³-hybridized carbons (Fsp3) is 0.200. The van der Waals surface area contributed by atoms with Gasteiger partial charge in [-0.2, -0.15) is 0 Å². The third-order valence-corrected chi connectivity index (χ3v) is 1.78. The number of hydrogen-bond donors (Lipinski definition) is 2. The number of nitrogens with two attached hydrogens (primary N) is 1. The molecule has 0 bridgehead atoms. The Morgan fingerprint density at radius 3 is 2.05 bits per heavy atom. The van der Waals surface area contributed by atoms with Crippen molar-refractivity contribution in [3.8, 4) is 0 Å². The number of pyridine rings is 2. The van der Waals surface area contributed by atoms with Crippen LogP contribution in [0.2, 0.25) is 0 Å². The highest BCUT2D eigenvalue weighted by Crippen LogP contribution is 1.97. The summed E-state index contributed by atoms with van der Waals surface area (Å²) in [6.07, 6.45) is 5.22. The Morgan fingerprint density at radius 2 is 1.68 bits per heavy atom. The van der Waals surface area contributed by atoms with E-state index in [1.165, 1.54) is 0 Å². The summed E-state index contributed by atoms with van der Waals surface area (Å²) in [5.74, 6) is 1.46. The van der Waals surface area contributed by atoms with Crippen molar-refractivity contribution < 1.29 is 0 Å². The van der Waals surface area contributed by atoms with Crippen LogP contribution in [0, 0.1) is 0 Å². The molecule has 4 heteroatoms. The van der Waals surface area contributed by atoms with Crippen molar-refractivity contribution >= 4 is 11.6 Å². The van der Waals surface area contributed by atoms with E-state index in [0.717, 1.165) is 12.4 Å². The molecule has 19 heavy (non-hydrogen) atoms. The molecule has 2 aromatic heterocycles. The molecule has 2 aromatic rings. The second kappa shape index (κ2) is 12.1. The third kappa shape index (κ3) is 9.35. The average molecular weight is 260 g/mol. The number of nitrogen functional groups attached to an aromatic ring is 1. The van der Waals surface area contributed by atoms with Crippen LogP contribution in [-0.2, 0) is 0 Å². The quantitative estimate of drug-likeness (QED) is 0.827. The Kier molecular flexibility index (Phi) is 12.1. The van der Waals surface area contributed by atoms with Crippen LogP contribution in [0.25, 0.3) is 0 Å². The summed E-state index contributed by atoms with van der Waals surface area (Å²) in [4.78, 5) is 7.81. The van der Waals surface area contributed by atoms with E-state index in [0.29, 0.717) is 5.82 Å². The maximum Gasteiger partial charge on any atom is 0.126 e. The summed E-state index contributed by atoms with van der Waals surface area (Å²) in [6.45, 7) is 4.35. The number of rotatable bonds is 3. The van der Waals surface area contributed by atoms with E-state index < -0.39 is 0 Å². The second-order valence-corrected chi connectivity index (χ2v) is 3.14. The zero-order valence-electron chi connectivity index (χ0n) is 9.58. The number of aromatic nitrogens is 2. The van der Waals surface area contributed by atoms with E-state index in [-0.39, 0.29) is 14.9 Å². The van der Waals surface area contributed by atoms with Crippen LogP contribution in [0.1, 0.15) is 14.9 Å². The van der Waals surface area contributed by atoms with Gasteiger partial charge in [-0.25, -0.2) is 9.97 Å². The topological polar surface area (TPSA) is 63.8 Å². The molecule has 2 rings (SSSR count). The summed E-state index contributed by atoms with van der Waals surface area (Å²) in [7, 11) is 0. The van der Waals surface area contributed by atoms with Crippen LogP contribution in [0.3, 0.4) is 0 Å². The Labute approximate surface area is 116 Å². The van der Waals surface area contributed by atoms with Crippen LogP contribution in [0.15, 0.2) is 61.4 Å². The van der Waals surface area contributed by atoms with Crippen LogP contribution in [0.4, 0.5) is 11.6 Å². The SMILES string of the molecule is C.C.C=CCNc1ccccn1.Nc1ccccn1. The van der Waals surface area contributed by atoms with Gasteiger partial charge in [-0.15, -0.1) is 6.58 Å². The fourth-order valence-electron chi connectivity index (χ4n) is 1.02. The molecule has 0 aliphatic rings. The lowest BCUT2D eigenvalue weighted by molar-refractivity contribution is 1.23. The van der Waals surface area contributed by atoms with Crippen LogP contribution in [-0.4, -0.2) is 16.5 Å². The van der Waals surface area contributed by atoms with Gasteiger partial charge in [0.25, 0.3) is 0 Å².